The fourth-order valence-corrected chi connectivity index (χ4v) is 4.64. The molecule has 3 rings (SSSR count). The van der Waals surface area contributed by atoms with Crippen molar-refractivity contribution < 1.29 is 18.0 Å². The van der Waals surface area contributed by atoms with Crippen molar-refractivity contribution in [3.05, 3.63) is 42.5 Å². The van der Waals surface area contributed by atoms with Gasteiger partial charge in [0.15, 0.2) is 0 Å². The van der Waals surface area contributed by atoms with E-state index in [0.717, 1.165) is 25.9 Å². The van der Waals surface area contributed by atoms with E-state index in [9.17, 15) is 18.0 Å². The van der Waals surface area contributed by atoms with E-state index in [1.54, 1.807) is 17.0 Å². The van der Waals surface area contributed by atoms with Gasteiger partial charge < -0.3 is 9.80 Å². The molecule has 1 aromatic rings. The molecule has 0 aliphatic carbocycles. The van der Waals surface area contributed by atoms with E-state index in [1.807, 2.05) is 4.90 Å². The zero-order valence-corrected chi connectivity index (χ0v) is 17.4. The third-order valence-corrected chi connectivity index (χ3v) is 6.71. The first kappa shape index (κ1) is 21.5. The van der Waals surface area contributed by atoms with Crippen LogP contribution in [0.5, 0.6) is 0 Å². The Balaban J connectivity index is 1.57. The SMILES string of the molecule is C=CCNS(=O)(=O)c1cccc(C(=O)N2CCN(CC(=O)N3CCCC3)CC2)c1. The van der Waals surface area contributed by atoms with Crippen LogP contribution in [0.15, 0.2) is 41.8 Å². The molecule has 29 heavy (non-hydrogen) atoms. The normalized spacial score (nSPS) is 18.1. The van der Waals surface area contributed by atoms with Gasteiger partial charge >= 0.3 is 0 Å². The molecule has 2 aliphatic heterocycles. The largest absolute Gasteiger partial charge is 0.342 e. The summed E-state index contributed by atoms with van der Waals surface area (Å²) in [6, 6.07) is 6.06. The minimum atomic E-state index is -3.68. The number of sulfonamides is 1. The van der Waals surface area contributed by atoms with Gasteiger partial charge in [0.25, 0.3) is 5.91 Å². The Morgan fingerprint density at radius 3 is 2.38 bits per heavy atom. The number of carbonyl (C=O) groups is 2. The first-order chi connectivity index (χ1) is 13.9. The first-order valence-electron chi connectivity index (χ1n) is 9.91. The van der Waals surface area contributed by atoms with Gasteiger partial charge in [-0.2, -0.15) is 0 Å². The van der Waals surface area contributed by atoms with Gasteiger partial charge in [-0.1, -0.05) is 12.1 Å². The van der Waals surface area contributed by atoms with Gasteiger partial charge in [0.1, 0.15) is 0 Å². The molecule has 0 spiro atoms. The summed E-state index contributed by atoms with van der Waals surface area (Å²) in [5, 5.41) is 0. The summed E-state index contributed by atoms with van der Waals surface area (Å²) in [7, 11) is -3.68. The summed E-state index contributed by atoms with van der Waals surface area (Å²) in [5.41, 5.74) is 0.341. The Morgan fingerprint density at radius 2 is 1.72 bits per heavy atom. The van der Waals surface area contributed by atoms with Crippen LogP contribution in [0, 0.1) is 0 Å². The third-order valence-electron chi connectivity index (χ3n) is 5.29. The highest BCUT2D eigenvalue weighted by Crippen LogP contribution is 2.15. The smallest absolute Gasteiger partial charge is 0.253 e. The highest BCUT2D eigenvalue weighted by atomic mass is 32.2. The molecule has 0 saturated carbocycles. The van der Waals surface area contributed by atoms with Gasteiger partial charge in [-0.15, -0.1) is 6.58 Å². The highest BCUT2D eigenvalue weighted by molar-refractivity contribution is 7.89. The first-order valence-corrected chi connectivity index (χ1v) is 11.4. The number of likely N-dealkylation sites (tertiary alicyclic amines) is 1. The molecule has 0 unspecified atom stereocenters. The highest BCUT2D eigenvalue weighted by Gasteiger charge is 2.26. The standard InChI is InChI=1S/C20H28N4O4S/c1-2-8-21-29(27,28)18-7-5-6-17(15-18)20(26)24-13-11-22(12-14-24)16-19(25)23-9-3-4-10-23/h2,5-7,15,21H,1,3-4,8-14,16H2. The van der Waals surface area contributed by atoms with Crippen LogP contribution in [-0.2, 0) is 14.8 Å². The van der Waals surface area contributed by atoms with Crippen molar-refractivity contribution in [3.63, 3.8) is 0 Å². The summed E-state index contributed by atoms with van der Waals surface area (Å²) in [4.78, 5) is 30.9. The van der Waals surface area contributed by atoms with E-state index in [1.165, 1.54) is 18.2 Å². The molecule has 2 amide bonds. The number of hydrogen-bond acceptors (Lipinski definition) is 5. The molecule has 0 radical (unpaired) electrons. The van der Waals surface area contributed by atoms with Crippen LogP contribution in [0.2, 0.25) is 0 Å². The summed E-state index contributed by atoms with van der Waals surface area (Å²) < 4.78 is 26.9. The molecule has 1 N–H and O–H groups in total. The van der Waals surface area contributed by atoms with Crippen molar-refractivity contribution in [2.75, 3.05) is 52.4 Å². The maximum atomic E-state index is 12.8. The van der Waals surface area contributed by atoms with Gasteiger partial charge in [0.2, 0.25) is 15.9 Å². The lowest BCUT2D eigenvalue weighted by Crippen LogP contribution is -2.51. The molecule has 9 heteroatoms. The van der Waals surface area contributed by atoms with Crippen LogP contribution in [0.4, 0.5) is 0 Å². The predicted molar refractivity (Wildman–Crippen MR) is 110 cm³/mol. The van der Waals surface area contributed by atoms with E-state index >= 15 is 0 Å². The van der Waals surface area contributed by atoms with E-state index in [2.05, 4.69) is 16.2 Å². The van der Waals surface area contributed by atoms with E-state index < -0.39 is 10.0 Å². The summed E-state index contributed by atoms with van der Waals surface area (Å²) in [6.07, 6.45) is 3.61. The molecular weight excluding hydrogens is 392 g/mol. The lowest BCUT2D eigenvalue weighted by Gasteiger charge is -2.35. The molecule has 8 nitrogen and oxygen atoms in total. The van der Waals surface area contributed by atoms with Crippen molar-refractivity contribution >= 4 is 21.8 Å². The Kier molecular flexibility index (Phi) is 7.05. The number of hydrogen-bond donors (Lipinski definition) is 1. The maximum absolute atomic E-state index is 12.8. The van der Waals surface area contributed by atoms with E-state index in [0.29, 0.717) is 38.3 Å². The van der Waals surface area contributed by atoms with Crippen LogP contribution in [0.1, 0.15) is 23.2 Å². The molecule has 2 aliphatic rings. The minimum Gasteiger partial charge on any atom is -0.342 e. The van der Waals surface area contributed by atoms with E-state index in [4.69, 9.17) is 0 Å². The molecule has 2 saturated heterocycles. The Labute approximate surface area is 172 Å². The molecule has 2 heterocycles. The Bertz CT molecular complexity index is 857. The maximum Gasteiger partial charge on any atom is 0.253 e. The van der Waals surface area contributed by atoms with Crippen LogP contribution in [0.25, 0.3) is 0 Å². The third kappa shape index (κ3) is 5.43. The number of nitrogens with zero attached hydrogens (tertiary/aromatic N) is 3. The van der Waals surface area contributed by atoms with Gasteiger partial charge in [-0.3, -0.25) is 14.5 Å². The second-order valence-electron chi connectivity index (χ2n) is 7.32. The lowest BCUT2D eigenvalue weighted by atomic mass is 10.2. The average Bonchev–Trinajstić information content (AvgIpc) is 3.27. The Morgan fingerprint density at radius 1 is 1.03 bits per heavy atom. The van der Waals surface area contributed by atoms with E-state index in [-0.39, 0.29) is 23.3 Å². The molecule has 1 aromatic carbocycles. The van der Waals surface area contributed by atoms with Crippen LogP contribution >= 0.6 is 0 Å². The van der Waals surface area contributed by atoms with Crippen molar-refractivity contribution in [2.24, 2.45) is 0 Å². The van der Waals surface area contributed by atoms with Crippen LogP contribution < -0.4 is 4.72 Å². The van der Waals surface area contributed by atoms with Gasteiger partial charge in [-0.05, 0) is 31.0 Å². The average molecular weight is 421 g/mol. The van der Waals surface area contributed by atoms with Crippen LogP contribution in [-0.4, -0.2) is 87.3 Å². The second-order valence-corrected chi connectivity index (χ2v) is 9.09. The summed E-state index contributed by atoms with van der Waals surface area (Å²) in [5.74, 6) is -0.0384. The van der Waals surface area contributed by atoms with Crippen LogP contribution in [0.3, 0.4) is 0 Å². The number of nitrogens with one attached hydrogen (secondary N) is 1. The van der Waals surface area contributed by atoms with Gasteiger partial charge in [0.05, 0.1) is 11.4 Å². The fourth-order valence-electron chi connectivity index (χ4n) is 3.60. The monoisotopic (exact) mass is 420 g/mol. The number of carbonyl (C=O) groups excluding carboxylic acids is 2. The quantitative estimate of drug-likeness (QED) is 0.650. The Hall–Kier alpha value is -2.23. The molecule has 0 bridgehead atoms. The van der Waals surface area contributed by atoms with Crippen molar-refractivity contribution in [3.8, 4) is 0 Å². The summed E-state index contributed by atoms with van der Waals surface area (Å²) >= 11 is 0. The zero-order chi connectivity index (χ0) is 20.9. The molecule has 0 atom stereocenters. The van der Waals surface area contributed by atoms with Gasteiger partial charge in [-0.25, -0.2) is 13.1 Å². The number of amides is 2. The molecule has 158 valence electrons. The minimum absolute atomic E-state index is 0.0556. The van der Waals surface area contributed by atoms with Crippen molar-refractivity contribution in [1.82, 2.24) is 19.4 Å². The zero-order valence-electron chi connectivity index (χ0n) is 16.5. The van der Waals surface area contributed by atoms with Gasteiger partial charge in [0, 0.05) is 51.4 Å². The predicted octanol–water partition coefficient (Wildman–Crippen LogP) is 0.531. The fraction of sp³-hybridized carbons (Fsp3) is 0.500. The summed E-state index contributed by atoms with van der Waals surface area (Å²) in [6.45, 7) is 7.99. The number of rotatable bonds is 7. The number of benzene rings is 1. The number of piperazine rings is 1. The molecule has 0 aromatic heterocycles. The van der Waals surface area contributed by atoms with Crippen molar-refractivity contribution in [1.29, 1.82) is 0 Å². The molecular formula is C20H28N4O4S. The lowest BCUT2D eigenvalue weighted by molar-refractivity contribution is -0.131. The molecule has 2 fully saturated rings. The van der Waals surface area contributed by atoms with Crippen molar-refractivity contribution in [2.45, 2.75) is 17.7 Å². The second kappa shape index (κ2) is 9.51. The topological polar surface area (TPSA) is 90.0 Å².